The summed E-state index contributed by atoms with van der Waals surface area (Å²) < 4.78 is 10.3. The molecule has 1 aromatic rings. The van der Waals surface area contributed by atoms with Crippen LogP contribution in [-0.2, 0) is 20.7 Å². The first-order chi connectivity index (χ1) is 9.12. The Hall–Kier alpha value is -1.04. The van der Waals surface area contributed by atoms with Crippen LogP contribution in [0.25, 0.3) is 0 Å². The van der Waals surface area contributed by atoms with Gasteiger partial charge in [0.2, 0.25) is 5.89 Å². The highest BCUT2D eigenvalue weighted by Crippen LogP contribution is 2.48. The molecule has 1 unspecified atom stereocenters. The van der Waals surface area contributed by atoms with Gasteiger partial charge in [0.05, 0.1) is 12.4 Å². The summed E-state index contributed by atoms with van der Waals surface area (Å²) in [4.78, 5) is 16.2. The number of hydrogen-bond acceptors (Lipinski definition) is 6. The topological polar surface area (TPSA) is 65.2 Å². The molecule has 1 fully saturated rings. The van der Waals surface area contributed by atoms with Crippen molar-refractivity contribution in [2.24, 2.45) is 0 Å². The van der Waals surface area contributed by atoms with E-state index in [0.717, 1.165) is 25.0 Å². The molecule has 0 amide bonds. The van der Waals surface area contributed by atoms with Gasteiger partial charge in [0.1, 0.15) is 5.41 Å². The van der Waals surface area contributed by atoms with Crippen LogP contribution < -0.4 is 0 Å². The monoisotopic (exact) mass is 284 g/mol. The highest BCUT2D eigenvalue weighted by atomic mass is 32.2. The number of nitrogens with zero attached hydrogens (tertiary/aromatic N) is 2. The van der Waals surface area contributed by atoms with Crippen LogP contribution in [0.5, 0.6) is 0 Å². The quantitative estimate of drug-likeness (QED) is 0.717. The maximum absolute atomic E-state index is 11.9. The molecule has 0 radical (unpaired) electrons. The summed E-state index contributed by atoms with van der Waals surface area (Å²) in [5.74, 6) is 1.57. The van der Waals surface area contributed by atoms with E-state index in [1.165, 1.54) is 0 Å². The molecule has 0 N–H and O–H groups in total. The molecular formula is C13H20N2O3S. The van der Waals surface area contributed by atoms with Gasteiger partial charge >= 0.3 is 5.97 Å². The van der Waals surface area contributed by atoms with Gasteiger partial charge in [-0.2, -0.15) is 16.7 Å². The average Bonchev–Trinajstić information content (AvgIpc) is 3.09. The molecular weight excluding hydrogens is 264 g/mol. The minimum Gasteiger partial charge on any atom is -0.465 e. The van der Waals surface area contributed by atoms with E-state index in [4.69, 9.17) is 9.26 Å². The van der Waals surface area contributed by atoms with Crippen LogP contribution in [0.2, 0.25) is 0 Å². The molecule has 1 aromatic heterocycles. The first-order valence-corrected chi connectivity index (χ1v) is 7.79. The average molecular weight is 284 g/mol. The molecule has 1 atom stereocenters. The van der Waals surface area contributed by atoms with Crippen molar-refractivity contribution in [3.63, 3.8) is 0 Å². The molecule has 0 spiro atoms. The fraction of sp³-hybridized carbons (Fsp3) is 0.769. The molecule has 0 aromatic carbocycles. The molecule has 5 nitrogen and oxygen atoms in total. The van der Waals surface area contributed by atoms with Crippen molar-refractivity contribution in [2.75, 3.05) is 6.61 Å². The molecule has 6 heteroatoms. The van der Waals surface area contributed by atoms with Gasteiger partial charge < -0.3 is 9.26 Å². The van der Waals surface area contributed by atoms with Gasteiger partial charge in [0, 0.05) is 5.25 Å². The van der Waals surface area contributed by atoms with E-state index < -0.39 is 5.41 Å². The summed E-state index contributed by atoms with van der Waals surface area (Å²) >= 11 is 1.79. The van der Waals surface area contributed by atoms with Gasteiger partial charge in [-0.15, -0.1) is 0 Å². The SMILES string of the molecule is CCOC(=O)C1(c2nc(CSC(C)CC)no2)CC1. The second kappa shape index (κ2) is 5.94. The van der Waals surface area contributed by atoms with Gasteiger partial charge in [-0.3, -0.25) is 4.79 Å². The number of ether oxygens (including phenoxy) is 1. The Labute approximate surface area is 117 Å². The molecule has 0 bridgehead atoms. The standard InChI is InChI=1S/C13H20N2O3S/c1-4-9(3)19-8-10-14-11(18-15-10)13(6-7-13)12(16)17-5-2/h9H,4-8H2,1-3H3. The van der Waals surface area contributed by atoms with E-state index in [1.807, 2.05) is 0 Å². The highest BCUT2D eigenvalue weighted by molar-refractivity contribution is 7.99. The van der Waals surface area contributed by atoms with Crippen LogP contribution >= 0.6 is 11.8 Å². The lowest BCUT2D eigenvalue weighted by molar-refractivity contribution is -0.146. The third-order valence-electron chi connectivity index (χ3n) is 3.37. The number of aromatic nitrogens is 2. The van der Waals surface area contributed by atoms with Crippen molar-refractivity contribution in [3.05, 3.63) is 11.7 Å². The number of carbonyl (C=O) groups excluding carboxylic acids is 1. The first kappa shape index (κ1) is 14.4. The zero-order valence-corrected chi connectivity index (χ0v) is 12.5. The predicted octanol–water partition coefficient (Wildman–Crippen LogP) is 2.70. The Morgan fingerprint density at radius 2 is 2.26 bits per heavy atom. The molecule has 1 aliphatic carbocycles. The zero-order chi connectivity index (χ0) is 13.9. The lowest BCUT2D eigenvalue weighted by Crippen LogP contribution is -2.23. The smallest absolute Gasteiger partial charge is 0.321 e. The zero-order valence-electron chi connectivity index (χ0n) is 11.6. The van der Waals surface area contributed by atoms with Crippen molar-refractivity contribution in [1.29, 1.82) is 0 Å². The van der Waals surface area contributed by atoms with E-state index in [9.17, 15) is 4.79 Å². The summed E-state index contributed by atoms with van der Waals surface area (Å²) in [5, 5.41) is 4.53. The second-order valence-electron chi connectivity index (χ2n) is 4.85. The van der Waals surface area contributed by atoms with E-state index >= 15 is 0 Å². The van der Waals surface area contributed by atoms with Crippen LogP contribution in [0.4, 0.5) is 0 Å². The van der Waals surface area contributed by atoms with Crippen LogP contribution in [0, 0.1) is 0 Å². The van der Waals surface area contributed by atoms with E-state index in [2.05, 4.69) is 24.0 Å². The van der Waals surface area contributed by atoms with Crippen LogP contribution in [0.15, 0.2) is 4.52 Å². The number of thioether (sulfide) groups is 1. The van der Waals surface area contributed by atoms with E-state index in [-0.39, 0.29) is 5.97 Å². The maximum atomic E-state index is 11.9. The van der Waals surface area contributed by atoms with Crippen molar-refractivity contribution in [1.82, 2.24) is 10.1 Å². The number of esters is 1. The number of hydrogen-bond donors (Lipinski definition) is 0. The molecule has 0 saturated heterocycles. The van der Waals surface area contributed by atoms with Gasteiger partial charge in [-0.25, -0.2) is 0 Å². The lowest BCUT2D eigenvalue weighted by atomic mass is 10.1. The predicted molar refractivity (Wildman–Crippen MR) is 72.9 cm³/mol. The minimum atomic E-state index is -0.650. The van der Waals surface area contributed by atoms with Gasteiger partial charge in [-0.1, -0.05) is 19.0 Å². The Morgan fingerprint density at radius 1 is 1.53 bits per heavy atom. The summed E-state index contributed by atoms with van der Waals surface area (Å²) in [5.41, 5.74) is -0.650. The highest BCUT2D eigenvalue weighted by Gasteiger charge is 2.57. The van der Waals surface area contributed by atoms with E-state index in [0.29, 0.717) is 23.6 Å². The normalized spacial score (nSPS) is 18.1. The molecule has 0 aliphatic heterocycles. The van der Waals surface area contributed by atoms with Crippen LogP contribution in [0.3, 0.4) is 0 Å². The minimum absolute atomic E-state index is 0.236. The summed E-state index contributed by atoms with van der Waals surface area (Å²) in [6.45, 7) is 6.51. The Kier molecular flexibility index (Phi) is 4.50. The van der Waals surface area contributed by atoms with Crippen molar-refractivity contribution >= 4 is 17.7 Å². The molecule has 1 heterocycles. The number of rotatable bonds is 7. The third kappa shape index (κ3) is 3.11. The van der Waals surface area contributed by atoms with Gasteiger partial charge in [-0.05, 0) is 26.2 Å². The van der Waals surface area contributed by atoms with Gasteiger partial charge in [0.15, 0.2) is 5.82 Å². The summed E-state index contributed by atoms with van der Waals surface area (Å²) in [6.07, 6.45) is 2.60. The first-order valence-electron chi connectivity index (χ1n) is 6.74. The maximum Gasteiger partial charge on any atom is 0.321 e. The Morgan fingerprint density at radius 3 is 2.84 bits per heavy atom. The molecule has 19 heavy (non-hydrogen) atoms. The molecule has 1 aliphatic rings. The largest absolute Gasteiger partial charge is 0.465 e. The summed E-state index contributed by atoms with van der Waals surface area (Å²) in [6, 6.07) is 0. The molecule has 106 valence electrons. The third-order valence-corrected chi connectivity index (χ3v) is 4.69. The number of carbonyl (C=O) groups is 1. The Balaban J connectivity index is 1.99. The van der Waals surface area contributed by atoms with Crippen molar-refractivity contribution in [2.45, 2.75) is 56.5 Å². The van der Waals surface area contributed by atoms with Crippen molar-refractivity contribution in [3.8, 4) is 0 Å². The van der Waals surface area contributed by atoms with Crippen LogP contribution in [-0.4, -0.2) is 28.0 Å². The van der Waals surface area contributed by atoms with E-state index in [1.54, 1.807) is 18.7 Å². The van der Waals surface area contributed by atoms with Gasteiger partial charge in [0.25, 0.3) is 0 Å². The molecule has 1 saturated carbocycles. The summed E-state index contributed by atoms with van der Waals surface area (Å²) in [7, 11) is 0. The fourth-order valence-corrected chi connectivity index (χ4v) is 2.53. The molecule has 2 rings (SSSR count). The second-order valence-corrected chi connectivity index (χ2v) is 6.27. The lowest BCUT2D eigenvalue weighted by Gasteiger charge is -2.08. The Bertz CT molecular complexity index is 443. The fourth-order valence-electron chi connectivity index (χ4n) is 1.74. The van der Waals surface area contributed by atoms with Crippen LogP contribution in [0.1, 0.15) is 51.7 Å². The van der Waals surface area contributed by atoms with Crippen molar-refractivity contribution < 1.29 is 14.1 Å².